The predicted molar refractivity (Wildman–Crippen MR) is 147 cm³/mol. The minimum absolute atomic E-state index is 0.00833. The lowest BCUT2D eigenvalue weighted by molar-refractivity contribution is -0.162. The van der Waals surface area contributed by atoms with E-state index in [0.717, 1.165) is 29.2 Å². The average Bonchev–Trinajstić information content (AvgIpc) is 2.92. The zero-order valence-electron chi connectivity index (χ0n) is 23.2. The number of carbonyl (C=O) groups is 3. The lowest BCUT2D eigenvalue weighted by Gasteiger charge is -2.51. The molecular weight excluding hydrogens is 504 g/mol. The molecule has 3 aliphatic rings. The molecule has 0 spiro atoms. The van der Waals surface area contributed by atoms with Crippen molar-refractivity contribution in [3.8, 4) is 11.5 Å². The molecule has 2 saturated heterocycles. The average molecular weight is 545 g/mol. The number of hydrogen-bond acceptors (Lipinski definition) is 7. The molecule has 0 radical (unpaired) electrons. The number of rotatable bonds is 8. The summed E-state index contributed by atoms with van der Waals surface area (Å²) in [6.07, 6.45) is 4.36. The maximum Gasteiger partial charge on any atom is 0.317 e. The number of nitrogens with zero attached hydrogens (tertiary/aromatic N) is 2. The largest absolute Gasteiger partial charge is 0.493 e. The smallest absolute Gasteiger partial charge is 0.317 e. The van der Waals surface area contributed by atoms with E-state index in [0.29, 0.717) is 50.4 Å². The zero-order chi connectivity index (χ0) is 27.5. The highest BCUT2D eigenvalue weighted by Gasteiger charge is 2.57. The van der Waals surface area contributed by atoms with E-state index in [1.54, 1.807) is 19.1 Å². The van der Waals surface area contributed by atoms with Gasteiger partial charge in [-0.3, -0.25) is 14.4 Å². The normalized spacial score (nSPS) is 24.8. The highest BCUT2D eigenvalue weighted by molar-refractivity contribution is 7.99. The van der Waals surface area contributed by atoms with Crippen molar-refractivity contribution in [2.24, 2.45) is 16.7 Å². The van der Waals surface area contributed by atoms with E-state index in [9.17, 15) is 14.4 Å². The number of thioether (sulfide) groups is 1. The fraction of sp³-hybridized carbons (Fsp3) is 0.621. The number of carbonyl (C=O) groups excluding carboxylic acids is 3. The van der Waals surface area contributed by atoms with Gasteiger partial charge in [0.15, 0.2) is 11.5 Å². The van der Waals surface area contributed by atoms with Gasteiger partial charge in [0, 0.05) is 49.2 Å². The van der Waals surface area contributed by atoms with Gasteiger partial charge >= 0.3 is 5.97 Å². The molecular formula is C29H40N2O6S. The summed E-state index contributed by atoms with van der Waals surface area (Å²) in [4.78, 5) is 44.3. The van der Waals surface area contributed by atoms with Crippen molar-refractivity contribution in [1.29, 1.82) is 0 Å². The first kappa shape index (κ1) is 28.3. The van der Waals surface area contributed by atoms with Crippen LogP contribution in [0, 0.1) is 16.7 Å². The van der Waals surface area contributed by atoms with Crippen LogP contribution in [0.3, 0.4) is 0 Å². The molecule has 8 nitrogen and oxygen atoms in total. The first-order valence-electron chi connectivity index (χ1n) is 13.3. The van der Waals surface area contributed by atoms with E-state index in [1.807, 2.05) is 40.9 Å². The molecule has 2 amide bonds. The predicted octanol–water partition coefficient (Wildman–Crippen LogP) is 3.92. The first-order chi connectivity index (χ1) is 18.1. The molecule has 1 aromatic carbocycles. The summed E-state index contributed by atoms with van der Waals surface area (Å²) in [5.41, 5.74) is 0.628. The highest BCUT2D eigenvalue weighted by Crippen LogP contribution is 2.54. The molecule has 2 heterocycles. The van der Waals surface area contributed by atoms with Crippen molar-refractivity contribution in [2.45, 2.75) is 46.0 Å². The molecule has 1 aliphatic carbocycles. The van der Waals surface area contributed by atoms with Crippen molar-refractivity contribution in [1.82, 2.24) is 9.80 Å². The molecule has 0 unspecified atom stereocenters. The number of amides is 2. The molecule has 0 aromatic heterocycles. The molecule has 4 rings (SSSR count). The molecule has 2 fully saturated rings. The molecule has 9 heteroatoms. The van der Waals surface area contributed by atoms with E-state index < -0.39 is 11.3 Å². The fourth-order valence-electron chi connectivity index (χ4n) is 6.22. The number of piperidine rings is 1. The van der Waals surface area contributed by atoms with Gasteiger partial charge < -0.3 is 24.0 Å². The van der Waals surface area contributed by atoms with Crippen LogP contribution in [0.15, 0.2) is 30.0 Å². The number of allylic oxidation sites excluding steroid dienone is 1. The molecule has 0 N–H and O–H groups in total. The summed E-state index contributed by atoms with van der Waals surface area (Å²) in [6, 6.07) is 5.72. The molecule has 0 saturated carbocycles. The second-order valence-corrected chi connectivity index (χ2v) is 12.5. The zero-order valence-corrected chi connectivity index (χ0v) is 24.0. The van der Waals surface area contributed by atoms with Crippen molar-refractivity contribution >= 4 is 29.5 Å². The molecule has 208 valence electrons. The maximum atomic E-state index is 14.0. The Balaban J connectivity index is 1.66. The Labute approximate surface area is 230 Å². The second kappa shape index (κ2) is 11.6. The van der Waals surface area contributed by atoms with Crippen molar-refractivity contribution in [3.63, 3.8) is 0 Å². The molecule has 0 bridgehead atoms. The second-order valence-electron chi connectivity index (χ2n) is 11.2. The third-order valence-electron chi connectivity index (χ3n) is 8.05. The Bertz CT molecular complexity index is 1100. The Hall–Kier alpha value is -2.68. The third kappa shape index (κ3) is 5.67. The standard InChI is InChI=1S/C29H40N2O6S/c1-28(2)10-8-24-29(19-28,27(34)37-5)18-21(17-25(32)30-12-14-38-15-13-30)26(33)31(24)11-9-20-6-7-22(35-3)23(16-20)36-4/h6-8,16,21H,9-15,17-19H2,1-5H3/t21-,29-/m1/s1. The van der Waals surface area contributed by atoms with E-state index in [-0.39, 0.29) is 29.6 Å². The summed E-state index contributed by atoms with van der Waals surface area (Å²) >= 11 is 1.84. The molecule has 1 aromatic rings. The van der Waals surface area contributed by atoms with Crippen LogP contribution in [0.25, 0.3) is 0 Å². The van der Waals surface area contributed by atoms with E-state index in [2.05, 4.69) is 13.8 Å². The summed E-state index contributed by atoms with van der Waals surface area (Å²) in [5.74, 6) is 2.09. The first-order valence-corrected chi connectivity index (χ1v) is 14.5. The number of likely N-dealkylation sites (tertiary alicyclic amines) is 1. The fourth-order valence-corrected chi connectivity index (χ4v) is 7.12. The summed E-state index contributed by atoms with van der Waals surface area (Å²) < 4.78 is 16.2. The number of hydrogen-bond donors (Lipinski definition) is 0. The summed E-state index contributed by atoms with van der Waals surface area (Å²) in [5, 5.41) is 0. The number of esters is 1. The van der Waals surface area contributed by atoms with Crippen LogP contribution in [0.1, 0.15) is 45.1 Å². The SMILES string of the molecule is COC(=O)[C@@]12C[C@@H](CC(=O)N3CCSCC3)C(=O)N(CCc3ccc(OC)c(OC)c3)C1=CCC(C)(C)C2. The van der Waals surface area contributed by atoms with Crippen molar-refractivity contribution in [2.75, 3.05) is 52.5 Å². The summed E-state index contributed by atoms with van der Waals surface area (Å²) in [6.45, 7) is 6.08. The Morgan fingerprint density at radius 2 is 1.79 bits per heavy atom. The van der Waals surface area contributed by atoms with Crippen LogP contribution in [-0.4, -0.2) is 80.1 Å². The Morgan fingerprint density at radius 3 is 2.45 bits per heavy atom. The molecule has 38 heavy (non-hydrogen) atoms. The van der Waals surface area contributed by atoms with E-state index >= 15 is 0 Å². The van der Waals surface area contributed by atoms with Gasteiger partial charge in [-0.25, -0.2) is 0 Å². The van der Waals surface area contributed by atoms with E-state index in [1.165, 1.54) is 7.11 Å². The minimum Gasteiger partial charge on any atom is -0.493 e. The van der Waals surface area contributed by atoms with Gasteiger partial charge in [0.25, 0.3) is 0 Å². The van der Waals surface area contributed by atoms with Crippen LogP contribution in [0.5, 0.6) is 11.5 Å². The van der Waals surface area contributed by atoms with Gasteiger partial charge in [-0.15, -0.1) is 0 Å². The number of benzene rings is 1. The quantitative estimate of drug-likeness (QED) is 0.459. The highest BCUT2D eigenvalue weighted by atomic mass is 32.2. The summed E-state index contributed by atoms with van der Waals surface area (Å²) in [7, 11) is 4.60. The van der Waals surface area contributed by atoms with Crippen LogP contribution >= 0.6 is 11.8 Å². The van der Waals surface area contributed by atoms with Crippen LogP contribution < -0.4 is 9.47 Å². The van der Waals surface area contributed by atoms with Crippen molar-refractivity contribution in [3.05, 3.63) is 35.5 Å². The van der Waals surface area contributed by atoms with Gasteiger partial charge in [0.05, 0.1) is 21.3 Å². The van der Waals surface area contributed by atoms with Crippen molar-refractivity contribution < 1.29 is 28.6 Å². The minimum atomic E-state index is -0.954. The Morgan fingerprint density at radius 1 is 1.08 bits per heavy atom. The van der Waals surface area contributed by atoms with E-state index in [4.69, 9.17) is 14.2 Å². The van der Waals surface area contributed by atoms with Crippen LogP contribution in [0.2, 0.25) is 0 Å². The molecule has 2 aliphatic heterocycles. The maximum absolute atomic E-state index is 14.0. The lowest BCUT2D eigenvalue weighted by Crippen LogP contribution is -2.56. The Kier molecular flexibility index (Phi) is 8.65. The van der Waals surface area contributed by atoms with Gasteiger partial charge in [0.2, 0.25) is 11.8 Å². The number of methoxy groups -OCH3 is 3. The lowest BCUT2D eigenvalue weighted by atomic mass is 9.59. The van der Waals surface area contributed by atoms with Gasteiger partial charge in [-0.2, -0.15) is 11.8 Å². The van der Waals surface area contributed by atoms with Gasteiger partial charge in [0.1, 0.15) is 5.41 Å². The third-order valence-corrected chi connectivity index (χ3v) is 9.00. The van der Waals surface area contributed by atoms with Gasteiger partial charge in [-0.05, 0) is 48.8 Å². The number of fused-ring (bicyclic) bond motifs is 1. The van der Waals surface area contributed by atoms with Crippen LogP contribution in [-0.2, 0) is 25.5 Å². The molecule has 2 atom stereocenters. The topological polar surface area (TPSA) is 85.4 Å². The number of ether oxygens (including phenoxy) is 3. The van der Waals surface area contributed by atoms with Crippen LogP contribution in [0.4, 0.5) is 0 Å². The van der Waals surface area contributed by atoms with Gasteiger partial charge in [-0.1, -0.05) is 26.0 Å². The monoisotopic (exact) mass is 544 g/mol.